The number of imidazole rings is 1. The van der Waals surface area contributed by atoms with Crippen LogP contribution in [0.1, 0.15) is 21.6 Å². The number of benzene rings is 1. The average Bonchev–Trinajstić information content (AvgIpc) is 2.85. The third-order valence-electron chi connectivity index (χ3n) is 3.12. The standard InChI is InChI=1S/C15H10F2N2O/c16-13-2-1-10(6-14(13)17)5-12-8-18-15-7-11(9-20)3-4-19(12)15/h1-4,6-9H,5H2. The van der Waals surface area contributed by atoms with Gasteiger partial charge in [-0.3, -0.25) is 4.79 Å². The van der Waals surface area contributed by atoms with Crippen LogP contribution in [-0.4, -0.2) is 15.7 Å². The van der Waals surface area contributed by atoms with Gasteiger partial charge in [0.1, 0.15) is 11.9 Å². The van der Waals surface area contributed by atoms with E-state index in [2.05, 4.69) is 4.98 Å². The fourth-order valence-corrected chi connectivity index (χ4v) is 2.11. The summed E-state index contributed by atoms with van der Waals surface area (Å²) in [5.41, 5.74) is 2.68. The van der Waals surface area contributed by atoms with Gasteiger partial charge >= 0.3 is 0 Å². The van der Waals surface area contributed by atoms with Crippen LogP contribution >= 0.6 is 0 Å². The molecule has 3 nitrogen and oxygen atoms in total. The summed E-state index contributed by atoms with van der Waals surface area (Å²) in [6, 6.07) is 7.17. The van der Waals surface area contributed by atoms with Crippen LogP contribution in [0.3, 0.4) is 0 Å². The number of hydrogen-bond donors (Lipinski definition) is 0. The Labute approximate surface area is 113 Å². The second-order valence-electron chi connectivity index (χ2n) is 4.48. The van der Waals surface area contributed by atoms with Crippen molar-refractivity contribution in [3.63, 3.8) is 0 Å². The van der Waals surface area contributed by atoms with Gasteiger partial charge in [0.2, 0.25) is 0 Å². The molecule has 3 rings (SSSR count). The van der Waals surface area contributed by atoms with E-state index in [-0.39, 0.29) is 0 Å². The summed E-state index contributed by atoms with van der Waals surface area (Å²) in [4.78, 5) is 14.9. The number of carbonyl (C=O) groups is 1. The average molecular weight is 272 g/mol. The van der Waals surface area contributed by atoms with Crippen LogP contribution in [0.2, 0.25) is 0 Å². The number of aromatic nitrogens is 2. The van der Waals surface area contributed by atoms with Gasteiger partial charge in [0, 0.05) is 30.1 Å². The number of aldehydes is 1. The van der Waals surface area contributed by atoms with Crippen molar-refractivity contribution in [2.75, 3.05) is 0 Å². The molecule has 1 aromatic carbocycles. The van der Waals surface area contributed by atoms with E-state index < -0.39 is 11.6 Å². The molecule has 0 radical (unpaired) electrons. The lowest BCUT2D eigenvalue weighted by atomic mass is 10.1. The molecule has 100 valence electrons. The maximum Gasteiger partial charge on any atom is 0.159 e. The molecule has 0 saturated carbocycles. The molecule has 5 heteroatoms. The smallest absolute Gasteiger partial charge is 0.159 e. The number of rotatable bonds is 3. The monoisotopic (exact) mass is 272 g/mol. The molecule has 0 amide bonds. The Balaban J connectivity index is 1.98. The summed E-state index contributed by atoms with van der Waals surface area (Å²) >= 11 is 0. The summed E-state index contributed by atoms with van der Waals surface area (Å²) in [6.45, 7) is 0. The van der Waals surface area contributed by atoms with E-state index in [1.165, 1.54) is 12.1 Å². The Bertz CT molecular complexity index is 796. The molecule has 2 aromatic heterocycles. The van der Waals surface area contributed by atoms with E-state index in [0.29, 0.717) is 23.2 Å². The van der Waals surface area contributed by atoms with Gasteiger partial charge in [-0.25, -0.2) is 13.8 Å². The van der Waals surface area contributed by atoms with Gasteiger partial charge in [-0.05, 0) is 29.8 Å². The summed E-state index contributed by atoms with van der Waals surface area (Å²) in [7, 11) is 0. The van der Waals surface area contributed by atoms with Gasteiger partial charge in [0.15, 0.2) is 11.6 Å². The molecular weight excluding hydrogens is 262 g/mol. The normalized spacial score (nSPS) is 10.9. The molecule has 0 unspecified atom stereocenters. The highest BCUT2D eigenvalue weighted by molar-refractivity contribution is 5.76. The minimum Gasteiger partial charge on any atom is -0.304 e. The lowest BCUT2D eigenvalue weighted by molar-refractivity contribution is 0.112. The lowest BCUT2D eigenvalue weighted by Crippen LogP contribution is -1.96. The van der Waals surface area contributed by atoms with Crippen LogP contribution in [0.25, 0.3) is 5.65 Å². The van der Waals surface area contributed by atoms with Crippen LogP contribution < -0.4 is 0 Å². The Morgan fingerprint density at radius 1 is 1.15 bits per heavy atom. The zero-order valence-corrected chi connectivity index (χ0v) is 10.4. The number of carbonyl (C=O) groups excluding carboxylic acids is 1. The Morgan fingerprint density at radius 3 is 2.75 bits per heavy atom. The molecule has 0 fully saturated rings. The molecule has 0 N–H and O–H groups in total. The second-order valence-corrected chi connectivity index (χ2v) is 4.48. The van der Waals surface area contributed by atoms with Crippen molar-refractivity contribution in [1.82, 2.24) is 9.38 Å². The maximum atomic E-state index is 13.2. The zero-order valence-electron chi connectivity index (χ0n) is 10.4. The minimum atomic E-state index is -0.862. The SMILES string of the molecule is O=Cc1ccn2c(Cc3ccc(F)c(F)c3)cnc2c1. The number of fused-ring (bicyclic) bond motifs is 1. The molecule has 20 heavy (non-hydrogen) atoms. The van der Waals surface area contributed by atoms with Gasteiger partial charge in [-0.2, -0.15) is 0 Å². The molecule has 0 bridgehead atoms. The topological polar surface area (TPSA) is 34.4 Å². The van der Waals surface area contributed by atoms with Gasteiger partial charge < -0.3 is 4.40 Å². The number of halogens is 2. The molecule has 0 aliphatic carbocycles. The van der Waals surface area contributed by atoms with Crippen LogP contribution in [0.5, 0.6) is 0 Å². The first-order chi connectivity index (χ1) is 9.67. The summed E-state index contributed by atoms with van der Waals surface area (Å²) < 4.78 is 27.9. The summed E-state index contributed by atoms with van der Waals surface area (Å²) in [6.07, 6.45) is 4.58. The Hall–Kier alpha value is -2.56. The zero-order chi connectivity index (χ0) is 14.1. The minimum absolute atomic E-state index is 0.429. The predicted molar refractivity (Wildman–Crippen MR) is 69.7 cm³/mol. The summed E-state index contributed by atoms with van der Waals surface area (Å²) in [5.74, 6) is -1.72. The van der Waals surface area contributed by atoms with Crippen LogP contribution in [0.15, 0.2) is 42.7 Å². The molecule has 0 saturated heterocycles. The van der Waals surface area contributed by atoms with Crippen molar-refractivity contribution in [1.29, 1.82) is 0 Å². The van der Waals surface area contributed by atoms with Gasteiger partial charge in [0.25, 0.3) is 0 Å². The first-order valence-corrected chi connectivity index (χ1v) is 6.02. The van der Waals surface area contributed by atoms with Crippen LogP contribution in [0, 0.1) is 11.6 Å². The Morgan fingerprint density at radius 2 is 2.00 bits per heavy atom. The molecule has 2 heterocycles. The summed E-state index contributed by atoms with van der Waals surface area (Å²) in [5, 5.41) is 0. The van der Waals surface area contributed by atoms with E-state index in [4.69, 9.17) is 0 Å². The van der Waals surface area contributed by atoms with Crippen LogP contribution in [-0.2, 0) is 6.42 Å². The molecule has 0 spiro atoms. The molecule has 0 atom stereocenters. The molecular formula is C15H10F2N2O. The quantitative estimate of drug-likeness (QED) is 0.687. The largest absolute Gasteiger partial charge is 0.304 e. The van der Waals surface area contributed by atoms with E-state index in [0.717, 1.165) is 18.0 Å². The fourth-order valence-electron chi connectivity index (χ4n) is 2.11. The third-order valence-corrected chi connectivity index (χ3v) is 3.12. The van der Waals surface area contributed by atoms with Crippen molar-refractivity contribution in [2.24, 2.45) is 0 Å². The highest BCUT2D eigenvalue weighted by Gasteiger charge is 2.07. The second kappa shape index (κ2) is 4.85. The Kier molecular flexibility index (Phi) is 3.02. The van der Waals surface area contributed by atoms with E-state index in [1.54, 1.807) is 24.5 Å². The predicted octanol–water partition coefficient (Wildman–Crippen LogP) is 3.02. The van der Waals surface area contributed by atoms with Gasteiger partial charge in [-0.15, -0.1) is 0 Å². The van der Waals surface area contributed by atoms with Gasteiger partial charge in [0.05, 0.1) is 0 Å². The van der Waals surface area contributed by atoms with E-state index in [1.807, 2.05) is 4.40 Å². The molecule has 3 aromatic rings. The number of nitrogens with zero attached hydrogens (tertiary/aromatic N) is 2. The molecule has 0 aliphatic rings. The first kappa shape index (κ1) is 12.5. The first-order valence-electron chi connectivity index (χ1n) is 6.02. The highest BCUT2D eigenvalue weighted by atomic mass is 19.2. The van der Waals surface area contributed by atoms with Crippen molar-refractivity contribution in [3.8, 4) is 0 Å². The van der Waals surface area contributed by atoms with Crippen molar-refractivity contribution < 1.29 is 13.6 Å². The maximum absolute atomic E-state index is 13.2. The van der Waals surface area contributed by atoms with E-state index >= 15 is 0 Å². The van der Waals surface area contributed by atoms with Crippen molar-refractivity contribution >= 4 is 11.9 Å². The third kappa shape index (κ3) is 2.18. The van der Waals surface area contributed by atoms with Crippen LogP contribution in [0.4, 0.5) is 8.78 Å². The van der Waals surface area contributed by atoms with Gasteiger partial charge in [-0.1, -0.05) is 6.07 Å². The molecule has 0 aliphatic heterocycles. The lowest BCUT2D eigenvalue weighted by Gasteiger charge is -2.03. The fraction of sp³-hybridized carbons (Fsp3) is 0.0667. The number of hydrogen-bond acceptors (Lipinski definition) is 2. The van der Waals surface area contributed by atoms with E-state index in [9.17, 15) is 13.6 Å². The highest BCUT2D eigenvalue weighted by Crippen LogP contribution is 2.15. The number of pyridine rings is 1. The van der Waals surface area contributed by atoms with Crippen molar-refractivity contribution in [2.45, 2.75) is 6.42 Å². The van der Waals surface area contributed by atoms with Crippen molar-refractivity contribution in [3.05, 3.63) is 71.2 Å².